The highest BCUT2D eigenvalue weighted by atomic mass is 16.5. The maximum atomic E-state index is 9.41. The lowest BCUT2D eigenvalue weighted by molar-refractivity contribution is 0.354. The number of ether oxygens (including phenoxy) is 2. The third-order valence-electron chi connectivity index (χ3n) is 3.80. The van der Waals surface area contributed by atoms with E-state index in [1.54, 1.807) is 14.2 Å². The van der Waals surface area contributed by atoms with Crippen molar-refractivity contribution in [2.24, 2.45) is 5.41 Å². The fourth-order valence-electron chi connectivity index (χ4n) is 2.47. The minimum absolute atomic E-state index is 0.0430. The molecule has 3 heteroatoms. The van der Waals surface area contributed by atoms with E-state index in [1.165, 1.54) is 0 Å². The molecular formula is C14H17NO2. The van der Waals surface area contributed by atoms with E-state index in [0.717, 1.165) is 12.0 Å². The van der Waals surface area contributed by atoms with Gasteiger partial charge in [0.05, 0.1) is 25.7 Å². The second-order valence-electron chi connectivity index (χ2n) is 5.15. The number of methoxy groups -OCH3 is 2. The van der Waals surface area contributed by atoms with Gasteiger partial charge in [0, 0.05) is 0 Å². The summed E-state index contributed by atoms with van der Waals surface area (Å²) in [5.41, 5.74) is 0.691. The molecule has 0 saturated heterocycles. The molecule has 0 amide bonds. The van der Waals surface area contributed by atoms with Crippen LogP contribution in [0.25, 0.3) is 0 Å². The Morgan fingerprint density at radius 2 is 1.76 bits per heavy atom. The normalized spacial score (nSPS) is 24.9. The first-order valence-electron chi connectivity index (χ1n) is 5.64. The molecule has 0 bridgehead atoms. The molecule has 0 radical (unpaired) electrons. The van der Waals surface area contributed by atoms with Gasteiger partial charge in [0.1, 0.15) is 0 Å². The van der Waals surface area contributed by atoms with Crippen LogP contribution in [-0.4, -0.2) is 14.2 Å². The van der Waals surface area contributed by atoms with Gasteiger partial charge in [-0.2, -0.15) is 5.26 Å². The first-order valence-corrected chi connectivity index (χ1v) is 5.64. The van der Waals surface area contributed by atoms with Gasteiger partial charge in [-0.05, 0) is 29.5 Å². The zero-order chi connectivity index (χ0) is 12.7. The number of nitrogens with zero attached hydrogens (tertiary/aromatic N) is 1. The third-order valence-corrected chi connectivity index (χ3v) is 3.80. The van der Waals surface area contributed by atoms with Crippen molar-refractivity contribution in [1.82, 2.24) is 0 Å². The summed E-state index contributed by atoms with van der Waals surface area (Å²) in [5.74, 6) is 1.38. The summed E-state index contributed by atoms with van der Waals surface area (Å²) in [6.45, 7) is 4.24. The van der Waals surface area contributed by atoms with Crippen molar-refractivity contribution in [3.8, 4) is 17.6 Å². The van der Waals surface area contributed by atoms with Crippen molar-refractivity contribution in [2.45, 2.75) is 25.7 Å². The lowest BCUT2D eigenvalue weighted by atomic mass is 9.89. The monoisotopic (exact) mass is 231 g/mol. The summed E-state index contributed by atoms with van der Waals surface area (Å²) >= 11 is 0. The van der Waals surface area contributed by atoms with Gasteiger partial charge in [-0.25, -0.2) is 0 Å². The van der Waals surface area contributed by atoms with Crippen molar-refractivity contribution in [3.05, 3.63) is 23.8 Å². The van der Waals surface area contributed by atoms with Crippen LogP contribution in [0.2, 0.25) is 0 Å². The fraction of sp³-hybridized carbons (Fsp3) is 0.500. The maximum Gasteiger partial charge on any atom is 0.161 e. The Bertz CT molecular complexity index is 487. The van der Waals surface area contributed by atoms with Crippen LogP contribution in [-0.2, 0) is 5.41 Å². The zero-order valence-electron chi connectivity index (χ0n) is 10.7. The Labute approximate surface area is 102 Å². The number of benzene rings is 1. The molecule has 3 nitrogen and oxygen atoms in total. The second-order valence-corrected chi connectivity index (χ2v) is 5.15. The van der Waals surface area contributed by atoms with Crippen molar-refractivity contribution in [3.63, 3.8) is 0 Å². The van der Waals surface area contributed by atoms with Crippen LogP contribution < -0.4 is 9.47 Å². The van der Waals surface area contributed by atoms with Crippen LogP contribution >= 0.6 is 0 Å². The fourth-order valence-corrected chi connectivity index (χ4v) is 2.47. The zero-order valence-corrected chi connectivity index (χ0v) is 10.7. The Hall–Kier alpha value is -1.69. The van der Waals surface area contributed by atoms with Gasteiger partial charge in [-0.1, -0.05) is 19.9 Å². The van der Waals surface area contributed by atoms with E-state index in [2.05, 4.69) is 19.9 Å². The van der Waals surface area contributed by atoms with E-state index in [-0.39, 0.29) is 10.8 Å². The van der Waals surface area contributed by atoms with Gasteiger partial charge >= 0.3 is 0 Å². The van der Waals surface area contributed by atoms with E-state index < -0.39 is 0 Å². The second kappa shape index (κ2) is 3.66. The third kappa shape index (κ3) is 1.56. The summed E-state index contributed by atoms with van der Waals surface area (Å²) < 4.78 is 10.5. The average Bonchev–Trinajstić information content (AvgIpc) is 2.92. The van der Waals surface area contributed by atoms with Crippen molar-refractivity contribution < 1.29 is 9.47 Å². The molecular weight excluding hydrogens is 214 g/mol. The molecule has 0 heterocycles. The van der Waals surface area contributed by atoms with Crippen LogP contribution in [0.3, 0.4) is 0 Å². The Morgan fingerprint density at radius 1 is 1.18 bits per heavy atom. The van der Waals surface area contributed by atoms with E-state index in [0.29, 0.717) is 11.5 Å². The van der Waals surface area contributed by atoms with E-state index in [1.807, 2.05) is 18.2 Å². The highest BCUT2D eigenvalue weighted by Crippen LogP contribution is 2.64. The van der Waals surface area contributed by atoms with Gasteiger partial charge in [-0.15, -0.1) is 0 Å². The van der Waals surface area contributed by atoms with Gasteiger partial charge in [0.25, 0.3) is 0 Å². The summed E-state index contributed by atoms with van der Waals surface area (Å²) in [6.07, 6.45) is 0.895. The summed E-state index contributed by atoms with van der Waals surface area (Å²) in [7, 11) is 3.22. The topological polar surface area (TPSA) is 42.2 Å². The predicted molar refractivity (Wildman–Crippen MR) is 65.2 cm³/mol. The average molecular weight is 231 g/mol. The first-order chi connectivity index (χ1) is 8.00. The molecule has 0 N–H and O–H groups in total. The lowest BCUT2D eigenvalue weighted by Crippen LogP contribution is -2.11. The molecule has 90 valence electrons. The van der Waals surface area contributed by atoms with Crippen LogP contribution in [0.5, 0.6) is 11.5 Å². The minimum Gasteiger partial charge on any atom is -0.493 e. The van der Waals surface area contributed by atoms with E-state index in [9.17, 15) is 5.26 Å². The van der Waals surface area contributed by atoms with Crippen LogP contribution in [0.1, 0.15) is 25.8 Å². The number of hydrogen-bond acceptors (Lipinski definition) is 3. The van der Waals surface area contributed by atoms with Gasteiger partial charge in [0.2, 0.25) is 0 Å². The van der Waals surface area contributed by atoms with Gasteiger partial charge in [-0.3, -0.25) is 0 Å². The van der Waals surface area contributed by atoms with Crippen LogP contribution in [0.15, 0.2) is 18.2 Å². The number of nitriles is 1. The summed E-state index contributed by atoms with van der Waals surface area (Å²) in [4.78, 5) is 0. The number of rotatable bonds is 3. The maximum absolute atomic E-state index is 9.41. The van der Waals surface area contributed by atoms with Crippen LogP contribution in [0.4, 0.5) is 0 Å². The first kappa shape index (κ1) is 11.8. The molecule has 1 saturated carbocycles. The smallest absolute Gasteiger partial charge is 0.161 e. The van der Waals surface area contributed by atoms with Crippen molar-refractivity contribution in [1.29, 1.82) is 5.26 Å². The Kier molecular flexibility index (Phi) is 2.54. The molecule has 1 aliphatic rings. The van der Waals surface area contributed by atoms with Gasteiger partial charge < -0.3 is 9.47 Å². The number of hydrogen-bond donors (Lipinski definition) is 0. The quantitative estimate of drug-likeness (QED) is 0.803. The summed E-state index contributed by atoms with van der Waals surface area (Å²) in [6, 6.07) is 8.19. The molecule has 1 aromatic carbocycles. The van der Waals surface area contributed by atoms with Crippen LogP contribution in [0, 0.1) is 16.7 Å². The van der Waals surface area contributed by atoms with Crippen molar-refractivity contribution >= 4 is 0 Å². The molecule has 0 spiro atoms. The largest absolute Gasteiger partial charge is 0.493 e. The molecule has 1 aliphatic carbocycles. The molecule has 0 aromatic heterocycles. The molecule has 1 fully saturated rings. The molecule has 1 atom stereocenters. The summed E-state index contributed by atoms with van der Waals surface area (Å²) in [5, 5.41) is 9.41. The Balaban J connectivity index is 2.46. The lowest BCUT2D eigenvalue weighted by Gasteiger charge is -2.15. The molecule has 1 aromatic rings. The van der Waals surface area contributed by atoms with Gasteiger partial charge in [0.15, 0.2) is 11.5 Å². The standard InChI is InChI=1S/C14H17NO2/c1-13(2)8-14(13,9-15)10-5-6-11(16-3)12(7-10)17-4/h5-7H,8H2,1-4H3. The minimum atomic E-state index is -0.369. The molecule has 17 heavy (non-hydrogen) atoms. The molecule has 2 rings (SSSR count). The molecule has 0 aliphatic heterocycles. The van der Waals surface area contributed by atoms with E-state index >= 15 is 0 Å². The van der Waals surface area contributed by atoms with Crippen molar-refractivity contribution in [2.75, 3.05) is 14.2 Å². The highest BCUT2D eigenvalue weighted by molar-refractivity contribution is 5.51. The SMILES string of the molecule is COc1ccc(C2(C#N)CC2(C)C)cc1OC. The Morgan fingerprint density at radius 3 is 2.18 bits per heavy atom. The molecule has 1 unspecified atom stereocenters. The highest BCUT2D eigenvalue weighted by Gasteiger charge is 2.63. The van der Waals surface area contributed by atoms with E-state index in [4.69, 9.17) is 9.47 Å². The predicted octanol–water partition coefficient (Wildman–Crippen LogP) is 2.90.